The van der Waals surface area contributed by atoms with Gasteiger partial charge in [0.25, 0.3) is 0 Å². The summed E-state index contributed by atoms with van der Waals surface area (Å²) in [6, 6.07) is -0.624. The third-order valence-electron chi connectivity index (χ3n) is 1.56. The molecule has 0 aliphatic carbocycles. The molecule has 0 rings (SSSR count). The van der Waals surface area contributed by atoms with Crippen molar-refractivity contribution in [3.05, 3.63) is 0 Å². The van der Waals surface area contributed by atoms with Gasteiger partial charge in [-0.05, 0) is 5.92 Å². The van der Waals surface area contributed by atoms with Crippen molar-refractivity contribution in [2.24, 2.45) is 5.92 Å². The van der Waals surface area contributed by atoms with Crippen molar-refractivity contribution in [3.63, 3.8) is 0 Å². The summed E-state index contributed by atoms with van der Waals surface area (Å²) in [4.78, 5) is 22.9. The van der Waals surface area contributed by atoms with Gasteiger partial charge < -0.3 is 15.0 Å². The molecule has 0 heterocycles. The molecule has 70 valence electrons. The number of aldehydes is 1. The van der Waals surface area contributed by atoms with Gasteiger partial charge in [0.15, 0.2) is 0 Å². The summed E-state index contributed by atoms with van der Waals surface area (Å²) in [5.74, 6) is 0.131. The zero-order valence-electron chi connectivity index (χ0n) is 8.00. The fourth-order valence-corrected chi connectivity index (χ4v) is 0.629. The number of carbonyl (C=O) groups excluding carboxylic acids is 2. The predicted molar refractivity (Wildman–Crippen MR) is 46.9 cm³/mol. The highest BCUT2D eigenvalue weighted by molar-refractivity contribution is 5.77. The second kappa shape index (κ2) is 4.74. The molecule has 4 heteroatoms. The van der Waals surface area contributed by atoms with E-state index < -0.39 is 0 Å². The van der Waals surface area contributed by atoms with E-state index in [9.17, 15) is 9.59 Å². The minimum absolute atomic E-state index is 0.131. The Balaban J connectivity index is 4.03. The molecule has 2 amide bonds. The van der Waals surface area contributed by atoms with Crippen LogP contribution in [0.5, 0.6) is 0 Å². The van der Waals surface area contributed by atoms with E-state index in [0.29, 0.717) is 0 Å². The molecular formula is C8H16N2O2. The van der Waals surface area contributed by atoms with E-state index in [-0.39, 0.29) is 18.0 Å². The molecule has 0 aromatic carbocycles. The van der Waals surface area contributed by atoms with Gasteiger partial charge in [-0.2, -0.15) is 0 Å². The maximum absolute atomic E-state index is 11.1. The van der Waals surface area contributed by atoms with Crippen LogP contribution < -0.4 is 5.32 Å². The molecule has 0 saturated carbocycles. The van der Waals surface area contributed by atoms with Crippen molar-refractivity contribution in [1.82, 2.24) is 10.2 Å². The number of nitrogens with one attached hydrogen (secondary N) is 1. The fraction of sp³-hybridized carbons (Fsp3) is 0.750. The third kappa shape index (κ3) is 3.37. The lowest BCUT2D eigenvalue weighted by atomic mass is 10.1. The van der Waals surface area contributed by atoms with E-state index in [1.54, 1.807) is 14.1 Å². The second-order valence-corrected chi connectivity index (χ2v) is 3.25. The minimum Gasteiger partial charge on any atom is -0.331 e. The maximum atomic E-state index is 11.1. The zero-order chi connectivity index (χ0) is 9.72. The van der Waals surface area contributed by atoms with Crippen LogP contribution in [0.3, 0.4) is 0 Å². The Bertz CT molecular complexity index is 166. The topological polar surface area (TPSA) is 49.4 Å². The summed E-state index contributed by atoms with van der Waals surface area (Å²) in [5, 5.41) is 2.58. The van der Waals surface area contributed by atoms with Crippen LogP contribution in [0.1, 0.15) is 13.8 Å². The van der Waals surface area contributed by atoms with Crippen LogP contribution in [0.4, 0.5) is 4.79 Å². The van der Waals surface area contributed by atoms with Crippen LogP contribution in [-0.2, 0) is 4.79 Å². The molecule has 0 aliphatic rings. The molecule has 0 unspecified atom stereocenters. The number of rotatable bonds is 3. The van der Waals surface area contributed by atoms with Gasteiger partial charge in [0.2, 0.25) is 0 Å². The lowest BCUT2D eigenvalue weighted by molar-refractivity contribution is -0.110. The molecule has 0 aliphatic heterocycles. The Hall–Kier alpha value is -1.06. The average Bonchev–Trinajstić information content (AvgIpc) is 1.98. The van der Waals surface area contributed by atoms with E-state index in [0.717, 1.165) is 6.29 Å². The first-order chi connectivity index (χ1) is 5.49. The summed E-state index contributed by atoms with van der Waals surface area (Å²) in [7, 11) is 3.27. The molecule has 0 saturated heterocycles. The van der Waals surface area contributed by atoms with Crippen molar-refractivity contribution in [3.8, 4) is 0 Å². The number of urea groups is 1. The molecule has 0 aromatic heterocycles. The summed E-state index contributed by atoms with van der Waals surface area (Å²) in [6.45, 7) is 3.77. The van der Waals surface area contributed by atoms with E-state index >= 15 is 0 Å². The van der Waals surface area contributed by atoms with Gasteiger partial charge in [0.05, 0.1) is 6.04 Å². The molecular weight excluding hydrogens is 156 g/mol. The van der Waals surface area contributed by atoms with Crippen LogP contribution in [0, 0.1) is 5.92 Å². The Morgan fingerprint density at radius 2 is 1.92 bits per heavy atom. The monoisotopic (exact) mass is 172 g/mol. The van der Waals surface area contributed by atoms with Crippen LogP contribution in [0.2, 0.25) is 0 Å². The van der Waals surface area contributed by atoms with Crippen molar-refractivity contribution < 1.29 is 9.59 Å². The molecule has 1 atom stereocenters. The number of hydrogen-bond acceptors (Lipinski definition) is 2. The molecule has 0 fully saturated rings. The minimum atomic E-state index is -0.389. The van der Waals surface area contributed by atoms with Crippen LogP contribution >= 0.6 is 0 Å². The van der Waals surface area contributed by atoms with Crippen LogP contribution in [0.25, 0.3) is 0 Å². The van der Waals surface area contributed by atoms with Gasteiger partial charge in [-0.3, -0.25) is 0 Å². The maximum Gasteiger partial charge on any atom is 0.317 e. The highest BCUT2D eigenvalue weighted by Crippen LogP contribution is 1.98. The molecule has 4 nitrogen and oxygen atoms in total. The first kappa shape index (κ1) is 10.9. The van der Waals surface area contributed by atoms with Gasteiger partial charge in [0, 0.05) is 14.1 Å². The van der Waals surface area contributed by atoms with Crippen molar-refractivity contribution in [2.75, 3.05) is 14.1 Å². The Morgan fingerprint density at radius 3 is 2.17 bits per heavy atom. The summed E-state index contributed by atoms with van der Waals surface area (Å²) in [5.41, 5.74) is 0. The predicted octanol–water partition coefficient (Wildman–Crippen LogP) is 0.481. The molecule has 0 radical (unpaired) electrons. The average molecular weight is 172 g/mol. The summed E-state index contributed by atoms with van der Waals surface area (Å²) in [6.07, 6.45) is 0.756. The lowest BCUT2D eigenvalue weighted by Crippen LogP contribution is -2.44. The molecule has 12 heavy (non-hydrogen) atoms. The first-order valence-corrected chi connectivity index (χ1v) is 3.92. The standard InChI is InChI=1S/C8H16N2O2/c1-6(2)7(5-11)9-8(12)10(3)4/h5-7H,1-4H3,(H,9,12)/t7-/m1/s1. The Morgan fingerprint density at radius 1 is 1.42 bits per heavy atom. The van der Waals surface area contributed by atoms with Gasteiger partial charge in [0.1, 0.15) is 6.29 Å². The normalized spacial score (nSPS) is 12.4. The fourth-order valence-electron chi connectivity index (χ4n) is 0.629. The number of carbonyl (C=O) groups is 2. The van der Waals surface area contributed by atoms with E-state index in [2.05, 4.69) is 5.32 Å². The SMILES string of the molecule is CC(C)[C@@H](C=O)NC(=O)N(C)C. The number of amides is 2. The van der Waals surface area contributed by atoms with Crippen LogP contribution in [0.15, 0.2) is 0 Å². The molecule has 0 aromatic rings. The first-order valence-electron chi connectivity index (χ1n) is 3.92. The highest BCUT2D eigenvalue weighted by atomic mass is 16.2. The van der Waals surface area contributed by atoms with Crippen molar-refractivity contribution in [2.45, 2.75) is 19.9 Å². The third-order valence-corrected chi connectivity index (χ3v) is 1.56. The van der Waals surface area contributed by atoms with Crippen molar-refractivity contribution in [1.29, 1.82) is 0 Å². The molecule has 1 N–H and O–H groups in total. The van der Waals surface area contributed by atoms with Gasteiger partial charge >= 0.3 is 6.03 Å². The van der Waals surface area contributed by atoms with Crippen molar-refractivity contribution >= 4 is 12.3 Å². The van der Waals surface area contributed by atoms with E-state index in [1.165, 1.54) is 4.90 Å². The Kier molecular flexibility index (Phi) is 4.33. The summed E-state index contributed by atoms with van der Waals surface area (Å²) >= 11 is 0. The zero-order valence-corrected chi connectivity index (χ0v) is 8.00. The largest absolute Gasteiger partial charge is 0.331 e. The Labute approximate surface area is 72.9 Å². The smallest absolute Gasteiger partial charge is 0.317 e. The van der Waals surface area contributed by atoms with E-state index in [1.807, 2.05) is 13.8 Å². The van der Waals surface area contributed by atoms with E-state index in [4.69, 9.17) is 0 Å². The van der Waals surface area contributed by atoms with Gasteiger partial charge in [-0.15, -0.1) is 0 Å². The number of hydrogen-bond donors (Lipinski definition) is 1. The summed E-state index contributed by atoms with van der Waals surface area (Å²) < 4.78 is 0. The lowest BCUT2D eigenvalue weighted by Gasteiger charge is -2.19. The van der Waals surface area contributed by atoms with Gasteiger partial charge in [-0.1, -0.05) is 13.8 Å². The quantitative estimate of drug-likeness (QED) is 0.629. The van der Waals surface area contributed by atoms with Gasteiger partial charge in [-0.25, -0.2) is 4.79 Å². The van der Waals surface area contributed by atoms with Crippen LogP contribution in [-0.4, -0.2) is 37.4 Å². The highest BCUT2D eigenvalue weighted by Gasteiger charge is 2.15. The number of nitrogens with zero attached hydrogens (tertiary/aromatic N) is 1. The molecule has 0 bridgehead atoms. The molecule has 0 spiro atoms. The second-order valence-electron chi connectivity index (χ2n) is 3.25.